The van der Waals surface area contributed by atoms with Gasteiger partial charge in [-0.25, -0.2) is 4.79 Å². The van der Waals surface area contributed by atoms with Crippen molar-refractivity contribution < 1.29 is 9.53 Å². The number of likely N-dealkylation sites (N-methyl/N-ethyl adjacent to an activating group) is 1. The number of hydrogen-bond donors (Lipinski definition) is 1. The maximum atomic E-state index is 11.8. The van der Waals surface area contributed by atoms with Crippen LogP contribution in [0.2, 0.25) is 0 Å². The molecule has 0 fully saturated rings. The highest BCUT2D eigenvalue weighted by molar-refractivity contribution is 5.78. The molecule has 0 saturated carbocycles. The molecule has 0 spiro atoms. The number of hydrogen-bond acceptors (Lipinski definition) is 4. The molecule has 1 unspecified atom stereocenters. The van der Waals surface area contributed by atoms with Crippen LogP contribution in [-0.4, -0.2) is 45.2 Å². The maximum absolute atomic E-state index is 11.8. The Hall–Kier alpha value is -1.39. The lowest BCUT2D eigenvalue weighted by Crippen LogP contribution is -2.35. The molecule has 1 aromatic carbocycles. The summed E-state index contributed by atoms with van der Waals surface area (Å²) in [7, 11) is 5.42. The molecule has 0 aliphatic rings. The third kappa shape index (κ3) is 4.13. The summed E-state index contributed by atoms with van der Waals surface area (Å²) in [5.41, 5.74) is 2.06. The van der Waals surface area contributed by atoms with Crippen molar-refractivity contribution in [3.05, 3.63) is 35.4 Å². The van der Waals surface area contributed by atoms with E-state index in [1.165, 1.54) is 7.11 Å². The van der Waals surface area contributed by atoms with E-state index in [0.29, 0.717) is 0 Å². The number of methoxy groups -OCH3 is 1. The van der Waals surface area contributed by atoms with E-state index < -0.39 is 6.04 Å². The van der Waals surface area contributed by atoms with Crippen LogP contribution in [-0.2, 0) is 9.53 Å². The first-order chi connectivity index (χ1) is 8.56. The number of benzene rings is 1. The van der Waals surface area contributed by atoms with Crippen LogP contribution in [0.4, 0.5) is 0 Å². The van der Waals surface area contributed by atoms with Gasteiger partial charge in [0.15, 0.2) is 0 Å². The van der Waals surface area contributed by atoms with Crippen LogP contribution in [0.1, 0.15) is 17.2 Å². The summed E-state index contributed by atoms with van der Waals surface area (Å²) in [6, 6.07) is 7.47. The predicted octanol–water partition coefficient (Wildman–Crippen LogP) is 1.36. The van der Waals surface area contributed by atoms with Crippen molar-refractivity contribution in [2.75, 3.05) is 34.3 Å². The Labute approximate surface area is 109 Å². The van der Waals surface area contributed by atoms with Gasteiger partial charge in [-0.2, -0.15) is 0 Å². The second kappa shape index (κ2) is 7.13. The lowest BCUT2D eigenvalue weighted by Gasteiger charge is -2.20. The Morgan fingerprint density at radius 2 is 2.06 bits per heavy atom. The van der Waals surface area contributed by atoms with E-state index in [9.17, 15) is 4.79 Å². The van der Waals surface area contributed by atoms with E-state index in [1.807, 2.05) is 45.3 Å². The Morgan fingerprint density at radius 3 is 2.61 bits per heavy atom. The zero-order valence-corrected chi connectivity index (χ0v) is 11.6. The van der Waals surface area contributed by atoms with Crippen LogP contribution >= 0.6 is 0 Å². The average Bonchev–Trinajstić information content (AvgIpc) is 2.35. The van der Waals surface area contributed by atoms with Crippen molar-refractivity contribution in [2.24, 2.45) is 0 Å². The molecule has 0 amide bonds. The summed E-state index contributed by atoms with van der Waals surface area (Å²) >= 11 is 0. The molecule has 0 radical (unpaired) electrons. The number of rotatable bonds is 6. The van der Waals surface area contributed by atoms with Gasteiger partial charge in [0.2, 0.25) is 0 Å². The minimum absolute atomic E-state index is 0.247. The molecule has 100 valence electrons. The van der Waals surface area contributed by atoms with E-state index in [-0.39, 0.29) is 5.97 Å². The summed E-state index contributed by atoms with van der Waals surface area (Å²) < 4.78 is 4.86. The molecular formula is C14H22N2O2. The van der Waals surface area contributed by atoms with Crippen LogP contribution in [0.25, 0.3) is 0 Å². The maximum Gasteiger partial charge on any atom is 0.327 e. The summed E-state index contributed by atoms with van der Waals surface area (Å²) in [6.45, 7) is 3.61. The quantitative estimate of drug-likeness (QED) is 0.774. The summed E-state index contributed by atoms with van der Waals surface area (Å²) in [6.07, 6.45) is 0. The Balaban J connectivity index is 2.79. The fourth-order valence-corrected chi connectivity index (χ4v) is 1.78. The third-order valence-electron chi connectivity index (χ3n) is 2.84. The molecular weight excluding hydrogens is 228 g/mol. The molecule has 0 aromatic heterocycles. The van der Waals surface area contributed by atoms with E-state index >= 15 is 0 Å². The number of nitrogens with zero attached hydrogens (tertiary/aromatic N) is 1. The first-order valence-corrected chi connectivity index (χ1v) is 6.07. The summed E-state index contributed by atoms with van der Waals surface area (Å²) in [5, 5.41) is 3.24. The van der Waals surface area contributed by atoms with Gasteiger partial charge in [-0.05, 0) is 32.1 Å². The van der Waals surface area contributed by atoms with Crippen molar-refractivity contribution in [1.29, 1.82) is 0 Å². The number of carbonyl (C=O) groups is 1. The molecule has 0 heterocycles. The zero-order chi connectivity index (χ0) is 13.5. The van der Waals surface area contributed by atoms with Gasteiger partial charge in [-0.15, -0.1) is 0 Å². The van der Waals surface area contributed by atoms with E-state index in [0.717, 1.165) is 24.2 Å². The number of carbonyl (C=O) groups excluding carboxylic acids is 1. The highest BCUT2D eigenvalue weighted by atomic mass is 16.5. The third-order valence-corrected chi connectivity index (χ3v) is 2.84. The second-order valence-electron chi connectivity index (χ2n) is 4.57. The standard InChI is InChI=1S/C14H22N2O2/c1-11-7-5-6-8-12(11)13(14(17)18-4)15-9-10-16(2)3/h5-8,13,15H,9-10H2,1-4H3. The highest BCUT2D eigenvalue weighted by Gasteiger charge is 2.21. The highest BCUT2D eigenvalue weighted by Crippen LogP contribution is 2.18. The van der Waals surface area contributed by atoms with E-state index in [1.54, 1.807) is 0 Å². The zero-order valence-electron chi connectivity index (χ0n) is 11.6. The summed E-state index contributed by atoms with van der Waals surface area (Å²) in [4.78, 5) is 13.9. The first kappa shape index (κ1) is 14.7. The molecule has 0 aliphatic carbocycles. The predicted molar refractivity (Wildman–Crippen MR) is 72.5 cm³/mol. The lowest BCUT2D eigenvalue weighted by molar-refractivity contribution is -0.143. The Bertz CT molecular complexity index is 391. The lowest BCUT2D eigenvalue weighted by atomic mass is 10.0. The molecule has 4 nitrogen and oxygen atoms in total. The smallest absolute Gasteiger partial charge is 0.327 e. The Kier molecular flexibility index (Phi) is 5.82. The van der Waals surface area contributed by atoms with Gasteiger partial charge in [0, 0.05) is 13.1 Å². The minimum Gasteiger partial charge on any atom is -0.468 e. The molecule has 18 heavy (non-hydrogen) atoms. The van der Waals surface area contributed by atoms with Gasteiger partial charge < -0.3 is 9.64 Å². The van der Waals surface area contributed by atoms with Crippen LogP contribution in [0.3, 0.4) is 0 Å². The van der Waals surface area contributed by atoms with Crippen LogP contribution in [0, 0.1) is 6.92 Å². The molecule has 4 heteroatoms. The molecule has 1 rings (SSSR count). The van der Waals surface area contributed by atoms with E-state index in [4.69, 9.17) is 4.74 Å². The van der Waals surface area contributed by atoms with Crippen LogP contribution in [0.15, 0.2) is 24.3 Å². The second-order valence-corrected chi connectivity index (χ2v) is 4.57. The Morgan fingerprint density at radius 1 is 1.39 bits per heavy atom. The topological polar surface area (TPSA) is 41.6 Å². The molecule has 0 aliphatic heterocycles. The normalized spacial score (nSPS) is 12.5. The van der Waals surface area contributed by atoms with Crippen LogP contribution in [0.5, 0.6) is 0 Å². The molecule has 1 aromatic rings. The van der Waals surface area contributed by atoms with Crippen LogP contribution < -0.4 is 5.32 Å². The SMILES string of the molecule is COC(=O)C(NCCN(C)C)c1ccccc1C. The van der Waals surface area contributed by atoms with Gasteiger partial charge >= 0.3 is 5.97 Å². The van der Waals surface area contributed by atoms with Gasteiger partial charge in [0.25, 0.3) is 0 Å². The van der Waals surface area contributed by atoms with Crippen molar-refractivity contribution in [3.8, 4) is 0 Å². The van der Waals surface area contributed by atoms with E-state index in [2.05, 4.69) is 10.2 Å². The number of esters is 1. The van der Waals surface area contributed by atoms with Gasteiger partial charge in [0.05, 0.1) is 7.11 Å². The fraction of sp³-hybridized carbons (Fsp3) is 0.500. The van der Waals surface area contributed by atoms with Gasteiger partial charge in [0.1, 0.15) is 6.04 Å². The largest absolute Gasteiger partial charge is 0.468 e. The number of nitrogens with one attached hydrogen (secondary N) is 1. The average molecular weight is 250 g/mol. The molecule has 1 atom stereocenters. The van der Waals surface area contributed by atoms with Crippen molar-refractivity contribution in [1.82, 2.24) is 10.2 Å². The molecule has 1 N–H and O–H groups in total. The number of aryl methyl sites for hydroxylation is 1. The molecule has 0 bridgehead atoms. The van der Waals surface area contributed by atoms with Gasteiger partial charge in [-0.3, -0.25) is 5.32 Å². The number of ether oxygens (including phenoxy) is 1. The fourth-order valence-electron chi connectivity index (χ4n) is 1.78. The molecule has 0 saturated heterocycles. The van der Waals surface area contributed by atoms with Gasteiger partial charge in [-0.1, -0.05) is 24.3 Å². The summed E-state index contributed by atoms with van der Waals surface area (Å²) in [5.74, 6) is -0.247. The van der Waals surface area contributed by atoms with Crippen molar-refractivity contribution in [3.63, 3.8) is 0 Å². The minimum atomic E-state index is -0.392. The first-order valence-electron chi connectivity index (χ1n) is 6.07. The van der Waals surface area contributed by atoms with Crippen molar-refractivity contribution in [2.45, 2.75) is 13.0 Å². The van der Waals surface area contributed by atoms with Crippen molar-refractivity contribution >= 4 is 5.97 Å². The monoisotopic (exact) mass is 250 g/mol.